The van der Waals surface area contributed by atoms with Gasteiger partial charge in [-0.25, -0.2) is 8.78 Å². The van der Waals surface area contributed by atoms with Gasteiger partial charge < -0.3 is 4.90 Å². The van der Waals surface area contributed by atoms with Gasteiger partial charge in [0.1, 0.15) is 0 Å². The first-order valence-corrected chi connectivity index (χ1v) is 4.85. The van der Waals surface area contributed by atoms with Crippen molar-refractivity contribution < 1.29 is 8.78 Å². The van der Waals surface area contributed by atoms with Crippen molar-refractivity contribution in [2.45, 2.75) is 18.8 Å². The van der Waals surface area contributed by atoms with Crippen LogP contribution in [0.2, 0.25) is 0 Å². The van der Waals surface area contributed by atoms with Crippen LogP contribution in [0, 0.1) is 0 Å². The van der Waals surface area contributed by atoms with Crippen LogP contribution in [0.5, 0.6) is 0 Å². The Morgan fingerprint density at radius 1 is 1.14 bits per heavy atom. The highest BCUT2D eigenvalue weighted by Crippen LogP contribution is 2.29. The molecule has 1 heterocycles. The van der Waals surface area contributed by atoms with Crippen LogP contribution >= 0.6 is 0 Å². The molecule has 1 fully saturated rings. The minimum atomic E-state index is -2.52. The third-order valence-corrected chi connectivity index (χ3v) is 2.51. The number of para-hydroxylation sites is 1. The number of halogens is 2. The molecule has 1 aliphatic heterocycles. The van der Waals surface area contributed by atoms with Crippen LogP contribution in [-0.4, -0.2) is 19.0 Å². The van der Waals surface area contributed by atoms with Crippen molar-refractivity contribution in [1.82, 2.24) is 0 Å². The van der Waals surface area contributed by atoms with Gasteiger partial charge in [-0.15, -0.1) is 0 Å². The summed E-state index contributed by atoms with van der Waals surface area (Å²) in [6.07, 6.45) is 0.595. The number of nitrogens with zero attached hydrogens (tertiary/aromatic N) is 1. The molecule has 76 valence electrons. The van der Waals surface area contributed by atoms with Gasteiger partial charge in [-0.05, 0) is 18.6 Å². The summed E-state index contributed by atoms with van der Waals surface area (Å²) in [5.74, 6) is -2.52. The lowest BCUT2D eigenvalue weighted by molar-refractivity contribution is -0.0116. The topological polar surface area (TPSA) is 3.24 Å². The Bertz CT molecular complexity index is 297. The lowest BCUT2D eigenvalue weighted by Crippen LogP contribution is -2.42. The van der Waals surface area contributed by atoms with Crippen LogP contribution in [0.15, 0.2) is 30.3 Å². The Kier molecular flexibility index (Phi) is 2.40. The molecule has 1 aromatic carbocycles. The van der Waals surface area contributed by atoms with Gasteiger partial charge in [-0.3, -0.25) is 0 Å². The van der Waals surface area contributed by atoms with E-state index in [1.54, 1.807) is 4.90 Å². The molecule has 1 aromatic rings. The summed E-state index contributed by atoms with van der Waals surface area (Å²) in [4.78, 5) is 1.75. The lowest BCUT2D eigenvalue weighted by Gasteiger charge is -2.34. The number of alkyl halides is 2. The number of rotatable bonds is 1. The highest BCUT2D eigenvalue weighted by molar-refractivity contribution is 5.46. The molecule has 1 saturated heterocycles. The van der Waals surface area contributed by atoms with E-state index in [1.807, 2.05) is 30.3 Å². The van der Waals surface area contributed by atoms with E-state index in [-0.39, 0.29) is 13.0 Å². The Morgan fingerprint density at radius 3 is 2.50 bits per heavy atom. The summed E-state index contributed by atoms with van der Waals surface area (Å²) < 4.78 is 26.2. The van der Waals surface area contributed by atoms with Gasteiger partial charge in [-0.2, -0.15) is 0 Å². The zero-order chi connectivity index (χ0) is 10.0. The highest BCUT2D eigenvalue weighted by Gasteiger charge is 2.34. The maximum atomic E-state index is 13.1. The minimum absolute atomic E-state index is 0.0241. The fourth-order valence-corrected chi connectivity index (χ4v) is 1.83. The number of hydrogen-bond acceptors (Lipinski definition) is 1. The molecule has 0 saturated carbocycles. The molecule has 0 radical (unpaired) electrons. The predicted octanol–water partition coefficient (Wildman–Crippen LogP) is 2.92. The molecule has 0 atom stereocenters. The van der Waals surface area contributed by atoms with Crippen LogP contribution in [0.4, 0.5) is 14.5 Å². The summed E-state index contributed by atoms with van der Waals surface area (Å²) in [6, 6.07) is 9.40. The molecule has 1 aliphatic rings. The van der Waals surface area contributed by atoms with Crippen molar-refractivity contribution in [2.75, 3.05) is 18.0 Å². The Morgan fingerprint density at radius 2 is 1.86 bits per heavy atom. The van der Waals surface area contributed by atoms with Crippen LogP contribution < -0.4 is 4.90 Å². The molecule has 3 heteroatoms. The third kappa shape index (κ3) is 2.03. The van der Waals surface area contributed by atoms with Crippen LogP contribution in [0.25, 0.3) is 0 Å². The van der Waals surface area contributed by atoms with Gasteiger partial charge in [0.25, 0.3) is 5.92 Å². The molecule has 0 spiro atoms. The Labute approximate surface area is 82.3 Å². The summed E-state index contributed by atoms with van der Waals surface area (Å²) in [7, 11) is 0. The van der Waals surface area contributed by atoms with E-state index in [9.17, 15) is 8.78 Å². The van der Waals surface area contributed by atoms with Crippen LogP contribution in [0.3, 0.4) is 0 Å². The molecule has 0 aliphatic carbocycles. The van der Waals surface area contributed by atoms with Gasteiger partial charge in [0, 0.05) is 18.7 Å². The smallest absolute Gasteiger partial charge is 0.265 e. The standard InChI is InChI=1S/C11H13F2N/c12-11(13)7-4-8-14(9-11)10-5-2-1-3-6-10/h1-3,5-6H,4,7-9H2. The molecule has 0 bridgehead atoms. The van der Waals surface area contributed by atoms with Crippen LogP contribution in [0.1, 0.15) is 12.8 Å². The molecule has 2 rings (SSSR count). The first kappa shape index (κ1) is 9.44. The fraction of sp³-hybridized carbons (Fsp3) is 0.455. The lowest BCUT2D eigenvalue weighted by atomic mass is 10.1. The number of anilines is 1. The zero-order valence-corrected chi connectivity index (χ0v) is 7.92. The second-order valence-corrected chi connectivity index (χ2v) is 3.72. The molecular weight excluding hydrogens is 184 g/mol. The fourth-order valence-electron chi connectivity index (χ4n) is 1.83. The van der Waals surface area contributed by atoms with Crippen molar-refractivity contribution in [3.05, 3.63) is 30.3 Å². The average Bonchev–Trinajstić information content (AvgIpc) is 2.18. The van der Waals surface area contributed by atoms with Crippen molar-refractivity contribution in [1.29, 1.82) is 0 Å². The van der Waals surface area contributed by atoms with E-state index in [0.29, 0.717) is 6.42 Å². The van der Waals surface area contributed by atoms with Gasteiger partial charge >= 0.3 is 0 Å². The number of benzene rings is 1. The maximum absolute atomic E-state index is 13.1. The highest BCUT2D eigenvalue weighted by atomic mass is 19.3. The molecule has 14 heavy (non-hydrogen) atoms. The molecule has 0 aromatic heterocycles. The van der Waals surface area contributed by atoms with Crippen molar-refractivity contribution >= 4 is 5.69 Å². The molecular formula is C11H13F2N. The minimum Gasteiger partial charge on any atom is -0.365 e. The van der Waals surface area contributed by atoms with Crippen molar-refractivity contribution in [3.8, 4) is 0 Å². The molecule has 1 nitrogen and oxygen atoms in total. The second kappa shape index (κ2) is 3.56. The second-order valence-electron chi connectivity index (χ2n) is 3.72. The molecule has 0 unspecified atom stereocenters. The summed E-state index contributed by atoms with van der Waals surface area (Å²) in [5, 5.41) is 0. The maximum Gasteiger partial charge on any atom is 0.265 e. The average molecular weight is 197 g/mol. The summed E-state index contributed by atoms with van der Waals surface area (Å²) in [6.45, 7) is 0.594. The van der Waals surface area contributed by atoms with Gasteiger partial charge in [-0.1, -0.05) is 18.2 Å². The van der Waals surface area contributed by atoms with Crippen molar-refractivity contribution in [3.63, 3.8) is 0 Å². The molecule has 0 N–H and O–H groups in total. The first-order chi connectivity index (χ1) is 6.67. The normalized spacial score (nSPS) is 20.9. The number of piperidine rings is 1. The van der Waals surface area contributed by atoms with E-state index < -0.39 is 5.92 Å². The third-order valence-electron chi connectivity index (χ3n) is 2.51. The summed E-state index contributed by atoms with van der Waals surface area (Å²) in [5.41, 5.74) is 0.895. The van der Waals surface area contributed by atoms with E-state index in [2.05, 4.69) is 0 Å². The monoisotopic (exact) mass is 197 g/mol. The SMILES string of the molecule is FC1(F)CCCN(c2ccccc2)C1. The van der Waals surface area contributed by atoms with Gasteiger partial charge in [0.15, 0.2) is 0 Å². The molecule has 0 amide bonds. The Balaban J connectivity index is 2.12. The van der Waals surface area contributed by atoms with Crippen LogP contribution in [-0.2, 0) is 0 Å². The van der Waals surface area contributed by atoms with Gasteiger partial charge in [0.2, 0.25) is 0 Å². The Hall–Kier alpha value is -1.12. The van der Waals surface area contributed by atoms with Crippen molar-refractivity contribution in [2.24, 2.45) is 0 Å². The predicted molar refractivity (Wildman–Crippen MR) is 52.8 cm³/mol. The van der Waals surface area contributed by atoms with E-state index >= 15 is 0 Å². The quantitative estimate of drug-likeness (QED) is 0.669. The number of hydrogen-bond donors (Lipinski definition) is 0. The van der Waals surface area contributed by atoms with Gasteiger partial charge in [0.05, 0.1) is 6.54 Å². The summed E-state index contributed by atoms with van der Waals surface area (Å²) >= 11 is 0. The van der Waals surface area contributed by atoms with E-state index in [1.165, 1.54) is 0 Å². The largest absolute Gasteiger partial charge is 0.365 e. The first-order valence-electron chi connectivity index (χ1n) is 4.85. The van der Waals surface area contributed by atoms with E-state index in [4.69, 9.17) is 0 Å². The van der Waals surface area contributed by atoms with E-state index in [0.717, 1.165) is 12.2 Å². The zero-order valence-electron chi connectivity index (χ0n) is 7.92.